The lowest BCUT2D eigenvalue weighted by atomic mass is 10.1. The summed E-state index contributed by atoms with van der Waals surface area (Å²) in [6.45, 7) is 7.03. The molecule has 1 aliphatic heterocycles. The van der Waals surface area contributed by atoms with Crippen molar-refractivity contribution in [1.82, 2.24) is 14.8 Å². The maximum Gasteiger partial charge on any atom is 0.239 e. The van der Waals surface area contributed by atoms with Crippen molar-refractivity contribution in [2.45, 2.75) is 19.4 Å². The monoisotopic (exact) mass is 340 g/mol. The number of rotatable bonds is 7. The number of nitrogens with one attached hydrogen (secondary N) is 1. The van der Waals surface area contributed by atoms with E-state index in [1.54, 1.807) is 19.2 Å². The fourth-order valence-electron chi connectivity index (χ4n) is 2.83. The lowest BCUT2D eigenvalue weighted by molar-refractivity contribution is -0.118. The summed E-state index contributed by atoms with van der Waals surface area (Å²) in [6.07, 6.45) is 2.60. The fraction of sp³-hybridized carbons (Fsp3) is 0.625. The third-order valence-corrected chi connectivity index (χ3v) is 4.33. The van der Waals surface area contributed by atoms with Gasteiger partial charge in [-0.15, -0.1) is 0 Å². The predicted octanol–water partition coefficient (Wildman–Crippen LogP) is 1.72. The number of nitrogens with zero attached hydrogens (tertiary/aromatic N) is 3. The topological polar surface area (TPSA) is 57.7 Å². The first-order chi connectivity index (χ1) is 11.1. The van der Waals surface area contributed by atoms with Crippen molar-refractivity contribution in [3.63, 3.8) is 0 Å². The van der Waals surface area contributed by atoms with Crippen LogP contribution in [0.4, 0.5) is 5.82 Å². The molecule has 2 heterocycles. The van der Waals surface area contributed by atoms with E-state index in [0.29, 0.717) is 23.4 Å². The zero-order valence-corrected chi connectivity index (χ0v) is 14.6. The zero-order valence-electron chi connectivity index (χ0n) is 13.8. The average Bonchev–Trinajstić information content (AvgIpc) is 2.55. The van der Waals surface area contributed by atoms with Crippen LogP contribution >= 0.6 is 11.6 Å². The average molecular weight is 341 g/mol. The van der Waals surface area contributed by atoms with Crippen LogP contribution in [0, 0.1) is 0 Å². The maximum absolute atomic E-state index is 12.2. The number of carbonyl (C=O) groups excluding carboxylic acids is 1. The second-order valence-electron chi connectivity index (χ2n) is 5.74. The smallest absolute Gasteiger partial charge is 0.239 e. The van der Waals surface area contributed by atoms with Gasteiger partial charge in [-0.1, -0.05) is 18.5 Å². The largest absolute Gasteiger partial charge is 0.383 e. The number of pyridine rings is 1. The fourth-order valence-corrected chi connectivity index (χ4v) is 2.94. The molecule has 23 heavy (non-hydrogen) atoms. The summed E-state index contributed by atoms with van der Waals surface area (Å²) < 4.78 is 5.17. The Morgan fingerprint density at radius 2 is 2.30 bits per heavy atom. The number of aromatic nitrogens is 1. The Balaban J connectivity index is 1.81. The highest BCUT2D eigenvalue weighted by Crippen LogP contribution is 2.13. The van der Waals surface area contributed by atoms with Gasteiger partial charge >= 0.3 is 0 Å². The predicted molar refractivity (Wildman–Crippen MR) is 91.8 cm³/mol. The molecule has 0 unspecified atom stereocenters. The Bertz CT molecular complexity index is 497. The van der Waals surface area contributed by atoms with Gasteiger partial charge in [-0.05, 0) is 18.6 Å². The molecule has 128 valence electrons. The van der Waals surface area contributed by atoms with Gasteiger partial charge < -0.3 is 10.1 Å². The summed E-state index contributed by atoms with van der Waals surface area (Å²) in [5, 5.41) is 3.37. The van der Waals surface area contributed by atoms with Crippen molar-refractivity contribution < 1.29 is 9.53 Å². The molecule has 0 spiro atoms. The molecule has 1 amide bonds. The number of ether oxygens (including phenoxy) is 1. The number of carbonyl (C=O) groups is 1. The summed E-state index contributed by atoms with van der Waals surface area (Å²) in [7, 11) is 1.73. The van der Waals surface area contributed by atoms with Crippen LogP contribution in [0.1, 0.15) is 13.3 Å². The molecule has 1 aromatic rings. The minimum absolute atomic E-state index is 0.0417. The molecule has 1 atom stereocenters. The molecular formula is C16H25ClN4O2. The highest BCUT2D eigenvalue weighted by molar-refractivity contribution is 6.30. The van der Waals surface area contributed by atoms with E-state index < -0.39 is 0 Å². The minimum Gasteiger partial charge on any atom is -0.383 e. The Kier molecular flexibility index (Phi) is 7.23. The number of methoxy groups -OCH3 is 1. The van der Waals surface area contributed by atoms with Gasteiger partial charge in [-0.3, -0.25) is 14.6 Å². The first kappa shape index (κ1) is 18.1. The maximum atomic E-state index is 12.2. The van der Waals surface area contributed by atoms with E-state index in [-0.39, 0.29) is 5.91 Å². The Morgan fingerprint density at radius 1 is 1.48 bits per heavy atom. The molecule has 0 bridgehead atoms. The molecule has 7 heteroatoms. The van der Waals surface area contributed by atoms with Crippen molar-refractivity contribution in [3.05, 3.63) is 23.4 Å². The molecule has 2 rings (SSSR count). The number of anilines is 1. The lowest BCUT2D eigenvalue weighted by Crippen LogP contribution is -2.54. The van der Waals surface area contributed by atoms with E-state index in [2.05, 4.69) is 27.0 Å². The van der Waals surface area contributed by atoms with E-state index >= 15 is 0 Å². The van der Waals surface area contributed by atoms with Crippen molar-refractivity contribution in [3.8, 4) is 0 Å². The molecular weight excluding hydrogens is 316 g/mol. The van der Waals surface area contributed by atoms with Crippen LogP contribution in [0.3, 0.4) is 0 Å². The zero-order chi connectivity index (χ0) is 16.7. The number of amides is 1. The van der Waals surface area contributed by atoms with Crippen molar-refractivity contribution in [2.75, 3.05) is 51.8 Å². The van der Waals surface area contributed by atoms with Gasteiger partial charge in [0.1, 0.15) is 5.82 Å². The van der Waals surface area contributed by atoms with Gasteiger partial charge in [0.2, 0.25) is 5.91 Å². The van der Waals surface area contributed by atoms with Crippen LogP contribution in [0.2, 0.25) is 5.02 Å². The summed E-state index contributed by atoms with van der Waals surface area (Å²) in [5.41, 5.74) is 0. The first-order valence-corrected chi connectivity index (χ1v) is 8.37. The lowest BCUT2D eigenvalue weighted by Gasteiger charge is -2.40. The Morgan fingerprint density at radius 3 is 2.96 bits per heavy atom. The second-order valence-corrected chi connectivity index (χ2v) is 6.17. The summed E-state index contributed by atoms with van der Waals surface area (Å²) in [6, 6.07) is 3.89. The van der Waals surface area contributed by atoms with Gasteiger partial charge in [-0.2, -0.15) is 0 Å². The van der Waals surface area contributed by atoms with Crippen molar-refractivity contribution >= 4 is 23.3 Å². The third-order valence-electron chi connectivity index (χ3n) is 4.10. The summed E-state index contributed by atoms with van der Waals surface area (Å²) in [5.74, 6) is 0.491. The van der Waals surface area contributed by atoms with E-state index in [0.717, 1.165) is 39.2 Å². The molecule has 1 saturated heterocycles. The summed E-state index contributed by atoms with van der Waals surface area (Å²) in [4.78, 5) is 20.9. The molecule has 0 aliphatic carbocycles. The highest BCUT2D eigenvalue weighted by Gasteiger charge is 2.26. The van der Waals surface area contributed by atoms with E-state index in [1.165, 1.54) is 6.20 Å². The van der Waals surface area contributed by atoms with Crippen LogP contribution in [-0.4, -0.2) is 73.2 Å². The third kappa shape index (κ3) is 5.73. The molecule has 0 saturated carbocycles. The molecule has 1 fully saturated rings. The molecule has 0 aromatic carbocycles. The molecule has 0 radical (unpaired) electrons. The van der Waals surface area contributed by atoms with Crippen molar-refractivity contribution in [2.24, 2.45) is 0 Å². The number of halogens is 1. The quantitative estimate of drug-likeness (QED) is 0.819. The minimum atomic E-state index is -0.0417. The van der Waals surface area contributed by atoms with Gasteiger partial charge in [0.25, 0.3) is 0 Å². The standard InChI is InChI=1S/C16H25ClN4O2/c1-3-14-11-20(6-7-21(14)8-9-23-2)12-16(22)19-15-5-4-13(17)10-18-15/h4-5,10,14H,3,6-9,11-12H2,1-2H3,(H,18,19,22)/t14-/m0/s1. The van der Waals surface area contributed by atoms with Gasteiger partial charge in [0.05, 0.1) is 18.2 Å². The Hall–Kier alpha value is -1.21. The number of piperazine rings is 1. The summed E-state index contributed by atoms with van der Waals surface area (Å²) >= 11 is 5.79. The second kappa shape index (κ2) is 9.17. The van der Waals surface area contributed by atoms with Crippen molar-refractivity contribution in [1.29, 1.82) is 0 Å². The van der Waals surface area contributed by atoms with Gasteiger partial charge in [0.15, 0.2) is 0 Å². The number of hydrogen-bond acceptors (Lipinski definition) is 5. The Labute approximate surface area is 142 Å². The normalized spacial score (nSPS) is 19.7. The van der Waals surface area contributed by atoms with E-state index in [4.69, 9.17) is 16.3 Å². The van der Waals surface area contributed by atoms with Crippen LogP contribution in [-0.2, 0) is 9.53 Å². The number of hydrogen-bond donors (Lipinski definition) is 1. The SMILES string of the molecule is CC[C@H]1CN(CC(=O)Nc2ccc(Cl)cn2)CCN1CCOC. The van der Waals surface area contributed by atoms with Crippen LogP contribution < -0.4 is 5.32 Å². The van der Waals surface area contributed by atoms with Crippen LogP contribution in [0.15, 0.2) is 18.3 Å². The molecule has 1 aromatic heterocycles. The van der Waals surface area contributed by atoms with E-state index in [9.17, 15) is 4.79 Å². The highest BCUT2D eigenvalue weighted by atomic mass is 35.5. The molecule has 1 N–H and O–H groups in total. The molecule has 1 aliphatic rings. The van der Waals surface area contributed by atoms with E-state index in [1.807, 2.05) is 0 Å². The van der Waals surface area contributed by atoms with Gasteiger partial charge in [0, 0.05) is 45.5 Å². The first-order valence-electron chi connectivity index (χ1n) is 7.99. The van der Waals surface area contributed by atoms with Crippen LogP contribution in [0.25, 0.3) is 0 Å². The molecule has 6 nitrogen and oxygen atoms in total. The van der Waals surface area contributed by atoms with Gasteiger partial charge in [-0.25, -0.2) is 4.98 Å². The van der Waals surface area contributed by atoms with Crippen LogP contribution in [0.5, 0.6) is 0 Å².